The topological polar surface area (TPSA) is 158 Å². The Balaban J connectivity index is 1.52. The smallest absolute Gasteiger partial charge is 0.407 e. The first-order valence-electron chi connectivity index (χ1n) is 17.4. The van der Waals surface area contributed by atoms with Crippen molar-refractivity contribution < 1.29 is 33.3 Å². The van der Waals surface area contributed by atoms with Crippen LogP contribution >= 0.6 is 0 Å². The highest BCUT2D eigenvalue weighted by atomic mass is 28.3. The normalized spacial score (nSPS) is 13.8. The fraction of sp³-hybridized carbons (Fsp3) is 0.293. The largest absolute Gasteiger partial charge is 0.504 e. The molecule has 0 bridgehead atoms. The van der Waals surface area contributed by atoms with Crippen LogP contribution in [0.5, 0.6) is 11.5 Å². The number of benzene rings is 3. The van der Waals surface area contributed by atoms with Gasteiger partial charge in [-0.15, -0.1) is 0 Å². The molecule has 0 spiro atoms. The molecule has 1 aliphatic rings. The van der Waals surface area contributed by atoms with Gasteiger partial charge in [0.1, 0.15) is 29.3 Å². The number of phenolic OH excluding ortho intramolecular Hbond substituents is 1. The molecule has 13 heteroatoms. The van der Waals surface area contributed by atoms with Crippen LogP contribution in [0, 0.1) is 28.5 Å². The maximum absolute atomic E-state index is 15.1. The van der Waals surface area contributed by atoms with Crippen molar-refractivity contribution in [3.8, 4) is 45.9 Å². The van der Waals surface area contributed by atoms with Crippen LogP contribution in [0.2, 0.25) is 25.7 Å². The SMILES string of the molecule is COC(=O)/C=C/c1ccc(C2(NC(=O)OCC[Si](C)(C)C)CCN(c3ncc(-c4ccc(OC)c(O)c4)c(-c4ccc(C#N)c(F)c4)c3C#N)CC2)cc1. The molecule has 54 heavy (non-hydrogen) atoms. The highest BCUT2D eigenvalue weighted by molar-refractivity contribution is 6.76. The number of carbonyl (C=O) groups is 2. The number of ether oxygens (including phenoxy) is 3. The molecule has 2 heterocycles. The van der Waals surface area contributed by atoms with E-state index in [2.05, 4.69) is 31.0 Å². The number of anilines is 1. The molecule has 1 aliphatic heterocycles. The minimum Gasteiger partial charge on any atom is -0.504 e. The number of piperidine rings is 1. The van der Waals surface area contributed by atoms with E-state index in [1.807, 2.05) is 35.2 Å². The maximum atomic E-state index is 15.1. The number of hydrogen-bond acceptors (Lipinski definition) is 10. The van der Waals surface area contributed by atoms with Crippen molar-refractivity contribution in [2.75, 3.05) is 38.8 Å². The van der Waals surface area contributed by atoms with Gasteiger partial charge in [-0.05, 0) is 71.5 Å². The van der Waals surface area contributed by atoms with E-state index < -0.39 is 31.5 Å². The lowest BCUT2D eigenvalue weighted by Crippen LogP contribution is -2.53. The van der Waals surface area contributed by atoms with Crippen molar-refractivity contribution in [3.63, 3.8) is 0 Å². The van der Waals surface area contributed by atoms with Crippen LogP contribution in [0.1, 0.15) is 35.1 Å². The number of halogens is 1. The monoisotopic (exact) mass is 747 g/mol. The molecule has 1 saturated heterocycles. The summed E-state index contributed by atoms with van der Waals surface area (Å²) in [5, 5.41) is 33.8. The molecule has 1 aromatic heterocycles. The summed E-state index contributed by atoms with van der Waals surface area (Å²) in [6, 6.07) is 21.4. The van der Waals surface area contributed by atoms with Crippen molar-refractivity contribution in [1.82, 2.24) is 10.3 Å². The standard InChI is InChI=1S/C41H42FN5O6Si/c1-51-36-14-11-28(23-35(36)48)33-26-45-39(32(25-44)38(33)29-9-10-30(24-43)34(42)22-29)47-18-16-41(17-19-47,46-40(50)53-20-21-54(3,4)5)31-12-6-27(7-13-31)8-15-37(49)52-2/h6-15,22-23,26,48H,16-21H2,1-5H3,(H,46,50)/b15-8+. The minimum absolute atomic E-state index is 0.124. The van der Waals surface area contributed by atoms with Crippen molar-refractivity contribution >= 4 is 32.0 Å². The van der Waals surface area contributed by atoms with Crippen LogP contribution in [-0.4, -0.2) is 64.1 Å². The summed E-state index contributed by atoms with van der Waals surface area (Å²) in [5.74, 6) is -0.710. The van der Waals surface area contributed by atoms with Gasteiger partial charge in [-0.3, -0.25) is 0 Å². The number of phenols is 1. The molecule has 1 fully saturated rings. The van der Waals surface area contributed by atoms with Crippen LogP contribution in [-0.2, 0) is 19.8 Å². The summed E-state index contributed by atoms with van der Waals surface area (Å²) in [6.45, 7) is 7.70. The van der Waals surface area contributed by atoms with E-state index in [9.17, 15) is 25.2 Å². The number of methoxy groups -OCH3 is 2. The van der Waals surface area contributed by atoms with Gasteiger partial charge in [0.05, 0.1) is 31.9 Å². The predicted molar refractivity (Wildman–Crippen MR) is 206 cm³/mol. The Morgan fingerprint density at radius 3 is 2.31 bits per heavy atom. The number of pyridine rings is 1. The third-order valence-electron chi connectivity index (χ3n) is 9.46. The van der Waals surface area contributed by atoms with Crippen LogP contribution in [0.4, 0.5) is 15.0 Å². The van der Waals surface area contributed by atoms with Gasteiger partial charge in [0.25, 0.3) is 0 Å². The van der Waals surface area contributed by atoms with E-state index in [0.717, 1.165) is 17.2 Å². The van der Waals surface area contributed by atoms with Crippen molar-refractivity contribution in [1.29, 1.82) is 10.5 Å². The second-order valence-electron chi connectivity index (χ2n) is 14.2. The second kappa shape index (κ2) is 16.7. The Bertz CT molecular complexity index is 2150. The number of nitrogens with one attached hydrogen (secondary N) is 1. The zero-order valence-corrected chi connectivity index (χ0v) is 31.9. The average molecular weight is 748 g/mol. The van der Waals surface area contributed by atoms with Crippen LogP contribution in [0.25, 0.3) is 28.3 Å². The molecule has 2 N–H and O–H groups in total. The molecule has 0 atom stereocenters. The molecule has 278 valence electrons. The molecule has 5 rings (SSSR count). The number of amides is 1. The molecular weight excluding hydrogens is 706 g/mol. The number of carbonyl (C=O) groups excluding carboxylic acids is 2. The third kappa shape index (κ3) is 8.88. The Labute approximate surface area is 315 Å². The Hall–Kier alpha value is -6.18. The Kier molecular flexibility index (Phi) is 12.0. The van der Waals surface area contributed by atoms with E-state index >= 15 is 4.39 Å². The lowest BCUT2D eigenvalue weighted by Gasteiger charge is -2.43. The van der Waals surface area contributed by atoms with Gasteiger partial charge in [-0.2, -0.15) is 10.5 Å². The van der Waals surface area contributed by atoms with Crippen LogP contribution in [0.3, 0.4) is 0 Å². The zero-order chi connectivity index (χ0) is 39.0. The summed E-state index contributed by atoms with van der Waals surface area (Å²) >= 11 is 0. The molecule has 0 unspecified atom stereocenters. The van der Waals surface area contributed by atoms with Crippen LogP contribution in [0.15, 0.2) is 72.9 Å². The highest BCUT2D eigenvalue weighted by Crippen LogP contribution is 2.43. The molecule has 0 aliphatic carbocycles. The summed E-state index contributed by atoms with van der Waals surface area (Å²) in [4.78, 5) is 31.6. The van der Waals surface area contributed by atoms with Crippen LogP contribution < -0.4 is 15.0 Å². The third-order valence-corrected chi connectivity index (χ3v) is 11.2. The van der Waals surface area contributed by atoms with Crippen molar-refractivity contribution in [2.45, 2.75) is 44.1 Å². The number of hydrogen-bond donors (Lipinski definition) is 2. The van der Waals surface area contributed by atoms with Gasteiger partial charge in [-0.25, -0.2) is 19.0 Å². The number of nitriles is 2. The first-order chi connectivity index (χ1) is 25.8. The fourth-order valence-corrected chi connectivity index (χ4v) is 7.11. The lowest BCUT2D eigenvalue weighted by atomic mass is 9.80. The number of rotatable bonds is 11. The summed E-state index contributed by atoms with van der Waals surface area (Å²) in [6.07, 6.45) is 4.89. The van der Waals surface area contributed by atoms with Gasteiger partial charge in [-0.1, -0.05) is 56.0 Å². The van der Waals surface area contributed by atoms with Gasteiger partial charge >= 0.3 is 12.1 Å². The molecular formula is C41H42FN5O6Si. The summed E-state index contributed by atoms with van der Waals surface area (Å²) in [7, 11) is 1.30. The number of alkyl carbamates (subject to hydrolysis) is 1. The van der Waals surface area contributed by atoms with E-state index in [4.69, 9.17) is 19.2 Å². The minimum atomic E-state index is -1.45. The highest BCUT2D eigenvalue weighted by Gasteiger charge is 2.39. The first-order valence-corrected chi connectivity index (χ1v) is 21.1. The van der Waals surface area contributed by atoms with E-state index in [1.165, 1.54) is 38.5 Å². The van der Waals surface area contributed by atoms with Crippen molar-refractivity contribution in [2.24, 2.45) is 0 Å². The Morgan fingerprint density at radius 2 is 1.72 bits per heavy atom. The molecule has 0 saturated carbocycles. The molecule has 4 aromatic rings. The molecule has 1 amide bonds. The van der Waals surface area contributed by atoms with Gasteiger partial charge in [0, 0.05) is 44.6 Å². The molecule has 0 radical (unpaired) electrons. The average Bonchev–Trinajstić information content (AvgIpc) is 3.16. The number of esters is 1. The van der Waals surface area contributed by atoms with Gasteiger partial charge in [0.15, 0.2) is 11.5 Å². The number of aromatic nitrogens is 1. The Morgan fingerprint density at radius 1 is 1.02 bits per heavy atom. The predicted octanol–water partition coefficient (Wildman–Crippen LogP) is 7.76. The van der Waals surface area contributed by atoms with E-state index in [-0.39, 0.29) is 22.6 Å². The second-order valence-corrected chi connectivity index (χ2v) is 19.8. The summed E-state index contributed by atoms with van der Waals surface area (Å²) in [5.41, 5.74) is 2.55. The quantitative estimate of drug-likeness (QED) is 0.0883. The van der Waals surface area contributed by atoms with Gasteiger partial charge in [0.2, 0.25) is 0 Å². The molecule has 11 nitrogen and oxygen atoms in total. The maximum Gasteiger partial charge on any atom is 0.407 e. The molecule has 3 aromatic carbocycles. The fourth-order valence-electron chi connectivity index (χ4n) is 6.40. The first kappa shape index (κ1) is 39.0. The van der Waals surface area contributed by atoms with E-state index in [1.54, 1.807) is 30.5 Å². The zero-order valence-electron chi connectivity index (χ0n) is 30.9. The van der Waals surface area contributed by atoms with Gasteiger partial charge < -0.3 is 29.5 Å². The van der Waals surface area contributed by atoms with Crippen molar-refractivity contribution in [3.05, 3.63) is 101 Å². The number of aromatic hydroxyl groups is 1. The number of nitrogens with zero attached hydrogens (tertiary/aromatic N) is 4. The van der Waals surface area contributed by atoms with E-state index in [0.29, 0.717) is 60.6 Å². The summed E-state index contributed by atoms with van der Waals surface area (Å²) < 4.78 is 30.6. The lowest BCUT2D eigenvalue weighted by molar-refractivity contribution is -0.134.